The van der Waals surface area contributed by atoms with Crippen LogP contribution in [0.4, 0.5) is 0 Å². The van der Waals surface area contributed by atoms with Crippen molar-refractivity contribution in [1.82, 2.24) is 15.6 Å². The number of amides is 1. The molecule has 0 radical (unpaired) electrons. The summed E-state index contributed by atoms with van der Waals surface area (Å²) >= 11 is 0. The molecular weight excluding hydrogens is 258 g/mol. The molecule has 1 rings (SSSR count). The van der Waals surface area contributed by atoms with Crippen molar-refractivity contribution in [3.05, 3.63) is 29.6 Å². The minimum Gasteiger partial charge on any atom is -0.409 e. The molecule has 0 aromatic carbocycles. The van der Waals surface area contributed by atoms with Crippen LogP contribution in [0.5, 0.6) is 0 Å². The number of nitrogens with one attached hydrogen (secondary N) is 2. The molecule has 110 valence electrons. The Morgan fingerprint density at radius 2 is 2.25 bits per heavy atom. The van der Waals surface area contributed by atoms with E-state index in [4.69, 9.17) is 10.9 Å². The number of oxime groups is 1. The Balaban J connectivity index is 2.61. The highest BCUT2D eigenvalue weighted by atomic mass is 16.4. The van der Waals surface area contributed by atoms with E-state index < -0.39 is 5.41 Å². The van der Waals surface area contributed by atoms with Crippen LogP contribution in [0.2, 0.25) is 0 Å². The lowest BCUT2D eigenvalue weighted by molar-refractivity contribution is -0.128. The van der Waals surface area contributed by atoms with Crippen LogP contribution in [0.1, 0.15) is 25.1 Å². The molecular formula is C13H21N5O2. The molecule has 7 nitrogen and oxygen atoms in total. The molecule has 0 aliphatic heterocycles. The average Bonchev–Trinajstić information content (AvgIpc) is 2.45. The molecule has 0 saturated carbocycles. The second kappa shape index (κ2) is 6.85. The first kappa shape index (κ1) is 15.9. The molecule has 0 aliphatic carbocycles. The minimum atomic E-state index is -0.490. The number of hydrogen-bond acceptors (Lipinski definition) is 5. The molecule has 0 aliphatic rings. The second-order valence-electron chi connectivity index (χ2n) is 5.10. The van der Waals surface area contributed by atoms with Gasteiger partial charge in [0.15, 0.2) is 5.84 Å². The first-order valence-corrected chi connectivity index (χ1v) is 6.26. The Hall–Kier alpha value is -2.15. The number of rotatable bonds is 6. The van der Waals surface area contributed by atoms with Gasteiger partial charge in [-0.25, -0.2) is 0 Å². The molecule has 1 aromatic heterocycles. The van der Waals surface area contributed by atoms with Crippen LogP contribution in [-0.4, -0.2) is 35.5 Å². The summed E-state index contributed by atoms with van der Waals surface area (Å²) in [6, 6.07) is 3.56. The predicted octanol–water partition coefficient (Wildman–Crippen LogP) is 0.0379. The predicted molar refractivity (Wildman–Crippen MR) is 76.3 cm³/mol. The van der Waals surface area contributed by atoms with E-state index in [0.717, 1.165) is 5.56 Å². The zero-order valence-electron chi connectivity index (χ0n) is 12.0. The third-order valence-corrected chi connectivity index (χ3v) is 2.93. The summed E-state index contributed by atoms with van der Waals surface area (Å²) < 4.78 is 0. The van der Waals surface area contributed by atoms with E-state index in [2.05, 4.69) is 20.8 Å². The van der Waals surface area contributed by atoms with Gasteiger partial charge in [0.2, 0.25) is 5.91 Å². The zero-order chi connectivity index (χ0) is 15.2. The van der Waals surface area contributed by atoms with Gasteiger partial charge in [-0.2, -0.15) is 0 Å². The summed E-state index contributed by atoms with van der Waals surface area (Å²) in [7, 11) is 1.62. The topological polar surface area (TPSA) is 113 Å². The van der Waals surface area contributed by atoms with Crippen LogP contribution < -0.4 is 16.4 Å². The fourth-order valence-corrected chi connectivity index (χ4v) is 1.71. The third kappa shape index (κ3) is 4.20. The number of carbonyl (C=O) groups is 1. The number of aromatic nitrogens is 1. The SMILES string of the molecule is CNC(=O)C(C)(C)CNCc1ccnc(/C(N)=N/O)c1. The van der Waals surface area contributed by atoms with Gasteiger partial charge in [-0.1, -0.05) is 5.16 Å². The largest absolute Gasteiger partial charge is 0.409 e. The quantitative estimate of drug-likeness (QED) is 0.254. The maximum absolute atomic E-state index is 11.6. The second-order valence-corrected chi connectivity index (χ2v) is 5.10. The lowest BCUT2D eigenvalue weighted by Crippen LogP contribution is -2.41. The van der Waals surface area contributed by atoms with Crippen molar-refractivity contribution in [2.45, 2.75) is 20.4 Å². The van der Waals surface area contributed by atoms with E-state index in [1.807, 2.05) is 19.9 Å². The molecule has 7 heteroatoms. The van der Waals surface area contributed by atoms with Crippen molar-refractivity contribution in [3.8, 4) is 0 Å². The Morgan fingerprint density at radius 1 is 1.55 bits per heavy atom. The standard InChI is InChI=1S/C13H21N5O2/c1-13(2,12(19)15-3)8-16-7-9-4-5-17-10(6-9)11(14)18-20/h4-6,16,20H,7-8H2,1-3H3,(H2,14,18)(H,15,19). The maximum atomic E-state index is 11.6. The first-order valence-electron chi connectivity index (χ1n) is 6.26. The van der Waals surface area contributed by atoms with Crippen LogP contribution in [0.15, 0.2) is 23.5 Å². The molecule has 1 aromatic rings. The highest BCUT2D eigenvalue weighted by molar-refractivity contribution is 5.95. The van der Waals surface area contributed by atoms with E-state index in [0.29, 0.717) is 18.8 Å². The summed E-state index contributed by atoms with van der Waals surface area (Å²) in [5.41, 5.74) is 6.35. The summed E-state index contributed by atoms with van der Waals surface area (Å²) in [6.45, 7) is 4.84. The number of amidine groups is 1. The molecule has 0 unspecified atom stereocenters. The Bertz CT molecular complexity index is 499. The molecule has 20 heavy (non-hydrogen) atoms. The highest BCUT2D eigenvalue weighted by Gasteiger charge is 2.25. The normalized spacial score (nSPS) is 12.2. The first-order chi connectivity index (χ1) is 9.40. The number of nitrogens with zero attached hydrogens (tertiary/aromatic N) is 2. The molecule has 0 fully saturated rings. The van der Waals surface area contributed by atoms with E-state index in [1.165, 1.54) is 0 Å². The maximum Gasteiger partial charge on any atom is 0.226 e. The molecule has 1 amide bonds. The monoisotopic (exact) mass is 279 g/mol. The van der Waals surface area contributed by atoms with Gasteiger partial charge in [0.05, 0.1) is 5.41 Å². The van der Waals surface area contributed by atoms with Gasteiger partial charge >= 0.3 is 0 Å². The van der Waals surface area contributed by atoms with E-state index in [-0.39, 0.29) is 11.7 Å². The highest BCUT2D eigenvalue weighted by Crippen LogP contribution is 2.13. The fourth-order valence-electron chi connectivity index (χ4n) is 1.71. The molecule has 5 N–H and O–H groups in total. The summed E-state index contributed by atoms with van der Waals surface area (Å²) in [5.74, 6) is -0.0467. The number of carbonyl (C=O) groups excluding carboxylic acids is 1. The zero-order valence-corrected chi connectivity index (χ0v) is 12.0. The van der Waals surface area contributed by atoms with Crippen LogP contribution in [0.25, 0.3) is 0 Å². The average molecular weight is 279 g/mol. The summed E-state index contributed by atoms with van der Waals surface area (Å²) in [6.07, 6.45) is 1.59. The van der Waals surface area contributed by atoms with Gasteiger partial charge in [-0.3, -0.25) is 9.78 Å². The third-order valence-electron chi connectivity index (χ3n) is 2.93. The molecule has 0 saturated heterocycles. The lowest BCUT2D eigenvalue weighted by atomic mass is 9.92. The Kier molecular flexibility index (Phi) is 5.45. The van der Waals surface area contributed by atoms with Gasteiger partial charge in [0.1, 0.15) is 5.69 Å². The number of pyridine rings is 1. The molecule has 0 bridgehead atoms. The molecule has 0 spiro atoms. The van der Waals surface area contributed by atoms with Gasteiger partial charge in [0, 0.05) is 26.3 Å². The Labute approximate surface area is 118 Å². The van der Waals surface area contributed by atoms with Crippen molar-refractivity contribution >= 4 is 11.7 Å². The van der Waals surface area contributed by atoms with Crippen molar-refractivity contribution in [3.63, 3.8) is 0 Å². The van der Waals surface area contributed by atoms with Crippen molar-refractivity contribution < 1.29 is 10.0 Å². The van der Waals surface area contributed by atoms with Crippen LogP contribution in [-0.2, 0) is 11.3 Å². The molecule has 1 heterocycles. The lowest BCUT2D eigenvalue weighted by Gasteiger charge is -2.23. The van der Waals surface area contributed by atoms with Gasteiger partial charge in [-0.15, -0.1) is 0 Å². The summed E-state index contributed by atoms with van der Waals surface area (Å²) in [4.78, 5) is 15.6. The van der Waals surface area contributed by atoms with E-state index in [1.54, 1.807) is 19.3 Å². The van der Waals surface area contributed by atoms with E-state index >= 15 is 0 Å². The van der Waals surface area contributed by atoms with Crippen molar-refractivity contribution in [2.24, 2.45) is 16.3 Å². The van der Waals surface area contributed by atoms with Gasteiger partial charge in [-0.05, 0) is 31.5 Å². The van der Waals surface area contributed by atoms with Crippen LogP contribution in [0.3, 0.4) is 0 Å². The van der Waals surface area contributed by atoms with Crippen molar-refractivity contribution in [2.75, 3.05) is 13.6 Å². The number of nitrogens with two attached hydrogens (primary N) is 1. The summed E-state index contributed by atoms with van der Waals surface area (Å²) in [5, 5.41) is 17.4. The van der Waals surface area contributed by atoms with E-state index in [9.17, 15) is 4.79 Å². The smallest absolute Gasteiger partial charge is 0.226 e. The van der Waals surface area contributed by atoms with Crippen LogP contribution in [0, 0.1) is 5.41 Å². The number of hydrogen-bond donors (Lipinski definition) is 4. The minimum absolute atomic E-state index is 0.0166. The van der Waals surface area contributed by atoms with Gasteiger partial charge in [0.25, 0.3) is 0 Å². The van der Waals surface area contributed by atoms with Gasteiger partial charge < -0.3 is 21.6 Å². The Morgan fingerprint density at radius 3 is 2.85 bits per heavy atom. The van der Waals surface area contributed by atoms with Crippen LogP contribution >= 0.6 is 0 Å². The van der Waals surface area contributed by atoms with Crippen molar-refractivity contribution in [1.29, 1.82) is 0 Å². The molecule has 0 atom stereocenters. The fraction of sp³-hybridized carbons (Fsp3) is 0.462.